The van der Waals surface area contributed by atoms with Crippen LogP contribution in [0.1, 0.15) is 11.1 Å². The zero-order chi connectivity index (χ0) is 19.1. The molecule has 1 aromatic heterocycles. The van der Waals surface area contributed by atoms with Gasteiger partial charge in [0.05, 0.1) is 16.9 Å². The fourth-order valence-corrected chi connectivity index (χ4v) is 5.47. The van der Waals surface area contributed by atoms with Crippen LogP contribution in [0.25, 0.3) is 11.3 Å². The summed E-state index contributed by atoms with van der Waals surface area (Å²) in [5, 5.41) is 0. The molecule has 0 radical (unpaired) electrons. The van der Waals surface area contributed by atoms with E-state index in [1.165, 1.54) is 50.6 Å². The molecule has 0 atom stereocenters. The molecule has 3 aliphatic rings. The third-order valence-corrected chi connectivity index (χ3v) is 6.47. The number of pyridine rings is 1. The van der Waals surface area contributed by atoms with Gasteiger partial charge in [-0.15, -0.1) is 0 Å². The van der Waals surface area contributed by atoms with Crippen LogP contribution in [0.4, 0.5) is 22.7 Å². The van der Waals surface area contributed by atoms with E-state index in [1.54, 1.807) is 0 Å². The molecule has 0 saturated heterocycles. The molecule has 0 unspecified atom stereocenters. The van der Waals surface area contributed by atoms with Crippen LogP contribution in [-0.4, -0.2) is 6.98 Å². The van der Waals surface area contributed by atoms with Gasteiger partial charge in [0.25, 0.3) is 0 Å². The van der Waals surface area contributed by atoms with Gasteiger partial charge in [-0.25, -0.2) is 0 Å². The Morgan fingerprint density at radius 2 is 1.52 bits per heavy atom. The predicted octanol–water partition coefficient (Wildman–Crippen LogP) is 4.31. The van der Waals surface area contributed by atoms with Crippen LogP contribution in [0.5, 0.6) is 0 Å². The predicted molar refractivity (Wildman–Crippen MR) is 118 cm³/mol. The molecule has 7 rings (SSSR count). The summed E-state index contributed by atoms with van der Waals surface area (Å²) < 4.78 is 2.45. The maximum absolute atomic E-state index is 2.54. The van der Waals surface area contributed by atoms with Gasteiger partial charge in [-0.2, -0.15) is 4.57 Å². The van der Waals surface area contributed by atoms with Gasteiger partial charge in [0, 0.05) is 28.0 Å². The summed E-state index contributed by atoms with van der Waals surface area (Å²) in [5.41, 5.74) is 12.0. The van der Waals surface area contributed by atoms with Crippen molar-refractivity contribution in [2.24, 2.45) is 0 Å². The standard InChI is InChI=1S/C25H19BN3/c1-17-14-20-25-24-18(16-27(25)15-17)8-7-13-23(24)29-22-12-6-5-11-21(22)28(26(20)29)19-9-3-2-4-10-19/h2-15H,16H2,1H3/q+1. The van der Waals surface area contributed by atoms with Crippen molar-refractivity contribution in [1.29, 1.82) is 0 Å². The lowest BCUT2D eigenvalue weighted by molar-refractivity contribution is -0.671. The quantitative estimate of drug-likeness (QED) is 0.321. The number of hydrogen-bond acceptors (Lipinski definition) is 2. The Balaban J connectivity index is 1.61. The number of rotatable bonds is 1. The summed E-state index contributed by atoms with van der Waals surface area (Å²) in [4.78, 5) is 5.04. The second-order valence-corrected chi connectivity index (χ2v) is 8.20. The molecule has 4 heterocycles. The van der Waals surface area contributed by atoms with Crippen LogP contribution in [0.2, 0.25) is 0 Å². The van der Waals surface area contributed by atoms with Crippen LogP contribution in [0, 0.1) is 6.92 Å². The van der Waals surface area contributed by atoms with Gasteiger partial charge in [-0.1, -0.05) is 42.5 Å². The van der Waals surface area contributed by atoms with Crippen molar-refractivity contribution in [2.75, 3.05) is 9.62 Å². The Morgan fingerprint density at radius 3 is 2.34 bits per heavy atom. The highest BCUT2D eigenvalue weighted by Gasteiger charge is 2.52. The summed E-state index contributed by atoms with van der Waals surface area (Å²) in [5.74, 6) is 0. The summed E-state index contributed by atoms with van der Waals surface area (Å²) in [6.45, 7) is 3.29. The van der Waals surface area contributed by atoms with Crippen LogP contribution in [-0.2, 0) is 6.54 Å². The second kappa shape index (κ2) is 5.29. The summed E-state index contributed by atoms with van der Waals surface area (Å²) >= 11 is 0. The lowest BCUT2D eigenvalue weighted by atomic mass is 9.60. The molecule has 4 heteroatoms. The van der Waals surface area contributed by atoms with Crippen molar-refractivity contribution in [3.8, 4) is 11.3 Å². The van der Waals surface area contributed by atoms with E-state index < -0.39 is 0 Å². The van der Waals surface area contributed by atoms with Crippen molar-refractivity contribution in [3.05, 3.63) is 96.2 Å². The molecule has 0 N–H and O–H groups in total. The Hall–Kier alpha value is -3.53. The van der Waals surface area contributed by atoms with E-state index in [4.69, 9.17) is 0 Å². The van der Waals surface area contributed by atoms with Crippen LogP contribution in [0.15, 0.2) is 85.1 Å². The van der Waals surface area contributed by atoms with Gasteiger partial charge in [0.1, 0.15) is 0 Å². The summed E-state index contributed by atoms with van der Waals surface area (Å²) in [6.07, 6.45) is 2.30. The topological polar surface area (TPSA) is 10.4 Å². The first kappa shape index (κ1) is 15.4. The first-order valence-corrected chi connectivity index (χ1v) is 10.2. The number of aromatic nitrogens is 1. The van der Waals surface area contributed by atoms with Crippen molar-refractivity contribution < 1.29 is 4.57 Å². The lowest BCUT2D eigenvalue weighted by Crippen LogP contribution is -2.58. The molecule has 4 aromatic rings. The molecule has 0 aliphatic carbocycles. The van der Waals surface area contributed by atoms with Crippen molar-refractivity contribution >= 4 is 35.2 Å². The fourth-order valence-electron chi connectivity index (χ4n) is 5.47. The first-order chi connectivity index (χ1) is 14.3. The number of para-hydroxylation sites is 3. The Kier molecular flexibility index (Phi) is 2.81. The molecule has 29 heavy (non-hydrogen) atoms. The highest BCUT2D eigenvalue weighted by atomic mass is 15.3. The minimum absolute atomic E-state index is 0.122. The average Bonchev–Trinajstić information content (AvgIpc) is 3.29. The smallest absolute Gasteiger partial charge is 0.360 e. The molecular weight excluding hydrogens is 353 g/mol. The van der Waals surface area contributed by atoms with Crippen molar-refractivity contribution in [1.82, 2.24) is 0 Å². The largest absolute Gasteiger partial charge is 0.427 e. The normalized spacial score (nSPS) is 14.7. The number of hydrogen-bond donors (Lipinski definition) is 0. The molecule has 3 aliphatic heterocycles. The zero-order valence-electron chi connectivity index (χ0n) is 16.2. The van der Waals surface area contributed by atoms with Crippen LogP contribution in [0.3, 0.4) is 0 Å². The highest BCUT2D eigenvalue weighted by Crippen LogP contribution is 2.51. The number of nitrogens with zero attached hydrogens (tertiary/aromatic N) is 3. The van der Waals surface area contributed by atoms with Gasteiger partial charge < -0.3 is 9.62 Å². The molecule has 0 spiro atoms. The van der Waals surface area contributed by atoms with Crippen LogP contribution >= 0.6 is 0 Å². The molecule has 3 aromatic carbocycles. The molecule has 0 fully saturated rings. The van der Waals surface area contributed by atoms with E-state index in [-0.39, 0.29) is 6.98 Å². The maximum Gasteiger partial charge on any atom is 0.427 e. The molecule has 0 bridgehead atoms. The maximum atomic E-state index is 2.54. The monoisotopic (exact) mass is 372 g/mol. The van der Waals surface area contributed by atoms with Gasteiger partial charge in [0.15, 0.2) is 12.7 Å². The van der Waals surface area contributed by atoms with Crippen LogP contribution < -0.4 is 19.7 Å². The van der Waals surface area contributed by atoms with E-state index >= 15 is 0 Å². The van der Waals surface area contributed by atoms with E-state index in [2.05, 4.69) is 106 Å². The average molecular weight is 372 g/mol. The summed E-state index contributed by atoms with van der Waals surface area (Å²) in [7, 11) is 0. The molecule has 0 saturated carbocycles. The van der Waals surface area contributed by atoms with E-state index in [0.29, 0.717) is 0 Å². The lowest BCUT2D eigenvalue weighted by Gasteiger charge is -2.34. The minimum Gasteiger partial charge on any atom is -0.360 e. The third kappa shape index (κ3) is 1.86. The van der Waals surface area contributed by atoms with Gasteiger partial charge in [-0.3, -0.25) is 0 Å². The van der Waals surface area contributed by atoms with E-state index in [0.717, 1.165) is 6.54 Å². The Labute approximate surface area is 170 Å². The van der Waals surface area contributed by atoms with E-state index in [9.17, 15) is 0 Å². The minimum atomic E-state index is 0.122. The Bertz CT molecular complexity index is 1320. The molecule has 3 nitrogen and oxygen atoms in total. The summed E-state index contributed by atoms with van der Waals surface area (Å²) in [6, 6.07) is 28.8. The Morgan fingerprint density at radius 1 is 0.793 bits per heavy atom. The zero-order valence-corrected chi connectivity index (χ0v) is 16.2. The molecule has 136 valence electrons. The first-order valence-electron chi connectivity index (χ1n) is 10.2. The second-order valence-electron chi connectivity index (χ2n) is 8.20. The van der Waals surface area contributed by atoms with Gasteiger partial charge in [-0.05, 0) is 43.3 Å². The van der Waals surface area contributed by atoms with Gasteiger partial charge >= 0.3 is 6.98 Å². The number of aryl methyl sites for hydroxylation is 1. The highest BCUT2D eigenvalue weighted by molar-refractivity contribution is 6.86. The molecular formula is C25H19BN3+. The molecule has 0 amide bonds. The number of anilines is 4. The number of benzene rings is 3. The van der Waals surface area contributed by atoms with Crippen molar-refractivity contribution in [3.63, 3.8) is 0 Å². The SMILES string of the molecule is Cc1cc2c3[n+](c1)Cc1cccc(c1-3)N1B2N(c2ccccc2)c2ccccc21. The van der Waals surface area contributed by atoms with E-state index in [1.807, 2.05) is 0 Å². The third-order valence-electron chi connectivity index (χ3n) is 6.47. The van der Waals surface area contributed by atoms with Gasteiger partial charge in [0.2, 0.25) is 5.69 Å². The number of fused-ring (bicyclic) bond motifs is 5. The van der Waals surface area contributed by atoms with Crippen molar-refractivity contribution in [2.45, 2.75) is 13.5 Å². The fraction of sp³-hybridized carbons (Fsp3) is 0.0800.